The Labute approximate surface area is 176 Å². The van der Waals surface area contributed by atoms with Crippen molar-refractivity contribution in [2.45, 2.75) is 45.7 Å². The lowest BCUT2D eigenvalue weighted by Gasteiger charge is -2.23. The summed E-state index contributed by atoms with van der Waals surface area (Å²) in [6, 6.07) is 12.6. The lowest BCUT2D eigenvalue weighted by molar-refractivity contribution is -0.931. The molecule has 1 aromatic heterocycles. The maximum Gasteiger partial charge on any atom is 0.336 e. The summed E-state index contributed by atoms with van der Waals surface area (Å²) in [4.78, 5) is 13.7. The summed E-state index contributed by atoms with van der Waals surface area (Å²) in [6.07, 6.45) is 3.21. The van der Waals surface area contributed by atoms with Gasteiger partial charge in [-0.1, -0.05) is 0 Å². The first kappa shape index (κ1) is 19.2. The zero-order valence-corrected chi connectivity index (χ0v) is 17.6. The Morgan fingerprint density at radius 3 is 2.63 bits per heavy atom. The fourth-order valence-electron chi connectivity index (χ4n) is 4.80. The van der Waals surface area contributed by atoms with Crippen LogP contribution in [0.5, 0.6) is 11.5 Å². The topological polar surface area (TPSA) is 53.1 Å². The van der Waals surface area contributed by atoms with Crippen LogP contribution in [0, 0.1) is 13.8 Å². The SMILES string of the molecule is Cc1cc2oc(=O)cc(C[NH+]3CCC[C@H]3c3ccc4c(c3)OCCCO4)c2cc1C. The van der Waals surface area contributed by atoms with Crippen LogP contribution in [-0.4, -0.2) is 19.8 Å². The smallest absolute Gasteiger partial charge is 0.336 e. The number of likely N-dealkylation sites (tertiary alicyclic amines) is 1. The normalized spacial score (nSPS) is 21.0. The maximum atomic E-state index is 12.2. The van der Waals surface area contributed by atoms with Gasteiger partial charge in [-0.15, -0.1) is 0 Å². The molecular formula is C25H28NO4+. The second-order valence-electron chi connectivity index (χ2n) is 8.56. The molecule has 5 rings (SSSR count). The van der Waals surface area contributed by atoms with E-state index in [0.717, 1.165) is 53.9 Å². The number of hydrogen-bond donors (Lipinski definition) is 1. The van der Waals surface area contributed by atoms with Gasteiger partial charge >= 0.3 is 5.63 Å². The van der Waals surface area contributed by atoms with Crippen molar-refractivity contribution in [3.05, 3.63) is 69.1 Å². The Kier molecular flexibility index (Phi) is 4.99. The standard InChI is InChI=1S/C25H27NO4/c1-16-11-20-19(14-25(27)30-23(20)12-17(16)2)15-26-8-3-5-21(26)18-6-7-22-24(13-18)29-10-4-9-28-22/h6-7,11-14,21H,3-5,8-10,15H2,1-2H3/p+1/t21-/m0/s1. The monoisotopic (exact) mass is 406 g/mol. The molecule has 2 atom stereocenters. The second kappa shape index (κ2) is 7.80. The maximum absolute atomic E-state index is 12.2. The average Bonchev–Trinajstić information content (AvgIpc) is 3.05. The van der Waals surface area contributed by atoms with Gasteiger partial charge in [0.2, 0.25) is 0 Å². The van der Waals surface area contributed by atoms with E-state index in [1.807, 2.05) is 19.1 Å². The molecule has 1 fully saturated rings. The first-order chi connectivity index (χ1) is 14.6. The number of benzene rings is 2. The van der Waals surface area contributed by atoms with Crippen LogP contribution in [0.25, 0.3) is 11.0 Å². The van der Waals surface area contributed by atoms with Crippen molar-refractivity contribution in [3.8, 4) is 11.5 Å². The fraction of sp³-hybridized carbons (Fsp3) is 0.400. The van der Waals surface area contributed by atoms with Gasteiger partial charge in [-0.05, 0) is 55.3 Å². The highest BCUT2D eigenvalue weighted by Crippen LogP contribution is 2.33. The molecule has 30 heavy (non-hydrogen) atoms. The van der Waals surface area contributed by atoms with Gasteiger partial charge in [0, 0.05) is 41.8 Å². The van der Waals surface area contributed by atoms with Crippen LogP contribution in [0.15, 0.2) is 45.6 Å². The second-order valence-corrected chi connectivity index (χ2v) is 8.56. The van der Waals surface area contributed by atoms with Crippen LogP contribution in [-0.2, 0) is 6.54 Å². The number of aryl methyl sites for hydroxylation is 2. The van der Waals surface area contributed by atoms with Crippen LogP contribution in [0.1, 0.15) is 47.6 Å². The first-order valence-corrected chi connectivity index (χ1v) is 10.9. The predicted molar refractivity (Wildman–Crippen MR) is 116 cm³/mol. The summed E-state index contributed by atoms with van der Waals surface area (Å²) in [5.41, 5.74) is 5.12. The van der Waals surface area contributed by atoms with E-state index in [-0.39, 0.29) is 5.63 Å². The average molecular weight is 407 g/mol. The van der Waals surface area contributed by atoms with Crippen LogP contribution in [0.3, 0.4) is 0 Å². The minimum atomic E-state index is -0.272. The lowest BCUT2D eigenvalue weighted by atomic mass is 10.0. The molecule has 156 valence electrons. The Balaban J connectivity index is 1.47. The van der Waals surface area contributed by atoms with Gasteiger partial charge in [0.15, 0.2) is 11.5 Å². The summed E-state index contributed by atoms with van der Waals surface area (Å²) in [6.45, 7) is 7.45. The van der Waals surface area contributed by atoms with E-state index in [2.05, 4.69) is 25.1 Å². The number of quaternary nitrogens is 1. The van der Waals surface area contributed by atoms with Crippen molar-refractivity contribution in [2.24, 2.45) is 0 Å². The third-order valence-electron chi connectivity index (χ3n) is 6.52. The highest BCUT2D eigenvalue weighted by Gasteiger charge is 2.31. The summed E-state index contributed by atoms with van der Waals surface area (Å²) < 4.78 is 17.2. The van der Waals surface area contributed by atoms with E-state index in [0.29, 0.717) is 24.8 Å². The van der Waals surface area contributed by atoms with Crippen molar-refractivity contribution in [1.29, 1.82) is 0 Å². The molecule has 0 amide bonds. The van der Waals surface area contributed by atoms with Crippen LogP contribution < -0.4 is 20.0 Å². The number of rotatable bonds is 3. The number of nitrogens with one attached hydrogen (secondary N) is 1. The van der Waals surface area contributed by atoms with Gasteiger partial charge in [-0.25, -0.2) is 4.79 Å². The van der Waals surface area contributed by atoms with Crippen molar-refractivity contribution < 1.29 is 18.8 Å². The molecule has 0 spiro atoms. The Bertz CT molecular complexity index is 1150. The summed E-state index contributed by atoms with van der Waals surface area (Å²) in [5.74, 6) is 1.70. The van der Waals surface area contributed by atoms with E-state index in [1.165, 1.54) is 22.4 Å². The van der Waals surface area contributed by atoms with Gasteiger partial charge in [0.05, 0.1) is 19.8 Å². The van der Waals surface area contributed by atoms with Gasteiger partial charge < -0.3 is 18.8 Å². The van der Waals surface area contributed by atoms with Gasteiger partial charge in [0.25, 0.3) is 0 Å². The zero-order valence-electron chi connectivity index (χ0n) is 17.6. The van der Waals surface area contributed by atoms with Crippen LogP contribution >= 0.6 is 0 Å². The van der Waals surface area contributed by atoms with E-state index in [4.69, 9.17) is 13.9 Å². The Morgan fingerprint density at radius 2 is 1.77 bits per heavy atom. The first-order valence-electron chi connectivity index (χ1n) is 10.9. The highest BCUT2D eigenvalue weighted by molar-refractivity contribution is 5.81. The third-order valence-corrected chi connectivity index (χ3v) is 6.52. The molecule has 3 aromatic rings. The molecule has 2 aliphatic heterocycles. The van der Waals surface area contributed by atoms with Gasteiger partial charge in [0.1, 0.15) is 18.2 Å². The minimum absolute atomic E-state index is 0.272. The van der Waals surface area contributed by atoms with E-state index < -0.39 is 0 Å². The van der Waals surface area contributed by atoms with Crippen molar-refractivity contribution in [2.75, 3.05) is 19.8 Å². The third kappa shape index (κ3) is 3.58. The largest absolute Gasteiger partial charge is 0.490 e. The number of hydrogen-bond acceptors (Lipinski definition) is 4. The molecule has 2 aromatic carbocycles. The molecule has 1 N–H and O–H groups in total. The van der Waals surface area contributed by atoms with Crippen LogP contribution in [0.2, 0.25) is 0 Å². The predicted octanol–water partition coefficient (Wildman–Crippen LogP) is 3.49. The fourth-order valence-corrected chi connectivity index (χ4v) is 4.80. The molecule has 2 aliphatic rings. The Morgan fingerprint density at radius 1 is 0.967 bits per heavy atom. The molecule has 1 saturated heterocycles. The quantitative estimate of drug-likeness (QED) is 0.677. The highest BCUT2D eigenvalue weighted by atomic mass is 16.5. The van der Waals surface area contributed by atoms with Crippen LogP contribution in [0.4, 0.5) is 0 Å². The van der Waals surface area contributed by atoms with Crippen molar-refractivity contribution in [1.82, 2.24) is 0 Å². The number of ether oxygens (including phenoxy) is 2. The van der Waals surface area contributed by atoms with Gasteiger partial charge in [-0.2, -0.15) is 0 Å². The molecule has 3 heterocycles. The van der Waals surface area contributed by atoms with E-state index in [9.17, 15) is 4.79 Å². The zero-order chi connectivity index (χ0) is 20.7. The van der Waals surface area contributed by atoms with E-state index >= 15 is 0 Å². The lowest BCUT2D eigenvalue weighted by Crippen LogP contribution is -3.08. The van der Waals surface area contributed by atoms with Gasteiger partial charge in [-0.3, -0.25) is 0 Å². The molecular weight excluding hydrogens is 378 g/mol. The molecule has 5 heteroatoms. The number of fused-ring (bicyclic) bond motifs is 2. The molecule has 0 radical (unpaired) electrons. The Hall–Kier alpha value is -2.79. The van der Waals surface area contributed by atoms with Crippen molar-refractivity contribution >= 4 is 11.0 Å². The molecule has 0 aliphatic carbocycles. The summed E-state index contributed by atoms with van der Waals surface area (Å²) in [7, 11) is 0. The molecule has 0 saturated carbocycles. The molecule has 1 unspecified atom stereocenters. The summed E-state index contributed by atoms with van der Waals surface area (Å²) >= 11 is 0. The van der Waals surface area contributed by atoms with Crippen molar-refractivity contribution in [3.63, 3.8) is 0 Å². The summed E-state index contributed by atoms with van der Waals surface area (Å²) in [5, 5.41) is 1.05. The molecule has 0 bridgehead atoms. The van der Waals surface area contributed by atoms with E-state index in [1.54, 1.807) is 6.07 Å². The minimum Gasteiger partial charge on any atom is -0.490 e. The molecule has 5 nitrogen and oxygen atoms in total.